The van der Waals surface area contributed by atoms with Crippen molar-refractivity contribution in [3.8, 4) is 5.75 Å². The molecule has 0 heterocycles. The molecule has 21 heavy (non-hydrogen) atoms. The zero-order valence-corrected chi connectivity index (χ0v) is 12.6. The van der Waals surface area contributed by atoms with Crippen LogP contribution in [0.25, 0.3) is 0 Å². The normalized spacial score (nSPS) is 11.2. The zero-order valence-electron chi connectivity index (χ0n) is 11.8. The maximum absolute atomic E-state index is 13.4. The van der Waals surface area contributed by atoms with Crippen molar-refractivity contribution in [3.63, 3.8) is 0 Å². The van der Waals surface area contributed by atoms with Crippen molar-refractivity contribution in [2.75, 3.05) is 18.0 Å². The Morgan fingerprint density at radius 2 is 1.81 bits per heavy atom. The summed E-state index contributed by atoms with van der Waals surface area (Å²) >= 11 is 0. The van der Waals surface area contributed by atoms with Crippen molar-refractivity contribution in [3.05, 3.63) is 54.3 Å². The van der Waals surface area contributed by atoms with E-state index in [1.165, 1.54) is 17.5 Å². The number of nitrogens with zero attached hydrogens (tertiary/aromatic N) is 1. The third-order valence-corrected chi connectivity index (χ3v) is 4.95. The minimum atomic E-state index is -3.90. The van der Waals surface area contributed by atoms with Crippen LogP contribution in [0.3, 0.4) is 0 Å². The lowest BCUT2D eigenvalue weighted by molar-refractivity contribution is 0.401. The number of para-hydroxylation sites is 1. The summed E-state index contributed by atoms with van der Waals surface area (Å²) in [6.45, 7) is 1.95. The minimum Gasteiger partial charge on any atom is -0.495 e. The quantitative estimate of drug-likeness (QED) is 0.853. The summed E-state index contributed by atoms with van der Waals surface area (Å²) in [7, 11) is -2.55. The van der Waals surface area contributed by atoms with Crippen LogP contribution in [-0.2, 0) is 10.0 Å². The topological polar surface area (TPSA) is 46.6 Å². The molecule has 6 heteroatoms. The number of benzene rings is 2. The summed E-state index contributed by atoms with van der Waals surface area (Å²) in [5.74, 6) is -0.510. The Kier molecular flexibility index (Phi) is 4.47. The Labute approximate surface area is 123 Å². The van der Waals surface area contributed by atoms with Crippen molar-refractivity contribution in [2.24, 2.45) is 0 Å². The van der Waals surface area contributed by atoms with Crippen LogP contribution < -0.4 is 9.04 Å². The molecule has 0 saturated heterocycles. The van der Waals surface area contributed by atoms with Crippen LogP contribution in [0.5, 0.6) is 5.75 Å². The van der Waals surface area contributed by atoms with E-state index in [4.69, 9.17) is 4.74 Å². The predicted molar refractivity (Wildman–Crippen MR) is 79.6 cm³/mol. The molecule has 0 bridgehead atoms. The molecule has 0 aliphatic rings. The van der Waals surface area contributed by atoms with Crippen LogP contribution in [0, 0.1) is 5.82 Å². The first-order valence-corrected chi connectivity index (χ1v) is 7.86. The van der Waals surface area contributed by atoms with Gasteiger partial charge in [-0.15, -0.1) is 0 Å². The van der Waals surface area contributed by atoms with Gasteiger partial charge >= 0.3 is 0 Å². The Bertz CT molecular complexity index is 717. The van der Waals surface area contributed by atoms with E-state index < -0.39 is 15.8 Å². The average molecular weight is 309 g/mol. The Morgan fingerprint density at radius 3 is 2.38 bits per heavy atom. The summed E-state index contributed by atoms with van der Waals surface area (Å²) < 4.78 is 45.3. The lowest BCUT2D eigenvalue weighted by atomic mass is 10.3. The number of ether oxygens (including phenoxy) is 1. The molecule has 4 nitrogen and oxygen atoms in total. The number of hydrogen-bond acceptors (Lipinski definition) is 3. The first kappa shape index (κ1) is 15.3. The van der Waals surface area contributed by atoms with Crippen LogP contribution in [0.1, 0.15) is 6.92 Å². The van der Waals surface area contributed by atoms with Gasteiger partial charge in [0.2, 0.25) is 0 Å². The van der Waals surface area contributed by atoms with E-state index in [2.05, 4.69) is 0 Å². The van der Waals surface area contributed by atoms with Gasteiger partial charge in [0, 0.05) is 6.54 Å². The summed E-state index contributed by atoms with van der Waals surface area (Å²) in [6, 6.07) is 12.1. The van der Waals surface area contributed by atoms with E-state index in [1.54, 1.807) is 37.3 Å². The number of rotatable bonds is 5. The van der Waals surface area contributed by atoms with Crippen LogP contribution in [0.15, 0.2) is 53.4 Å². The Morgan fingerprint density at radius 1 is 1.14 bits per heavy atom. The highest BCUT2D eigenvalue weighted by atomic mass is 32.2. The van der Waals surface area contributed by atoms with E-state index in [0.717, 1.165) is 12.1 Å². The molecule has 0 unspecified atom stereocenters. The smallest absolute Gasteiger partial charge is 0.268 e. The molecular weight excluding hydrogens is 293 g/mol. The number of halogens is 1. The van der Waals surface area contributed by atoms with Crippen LogP contribution in [-0.4, -0.2) is 22.1 Å². The lowest BCUT2D eigenvalue weighted by Gasteiger charge is -2.23. The van der Waals surface area contributed by atoms with Crippen molar-refractivity contribution < 1.29 is 17.5 Å². The Hall–Kier alpha value is -2.08. The molecule has 0 aliphatic heterocycles. The number of anilines is 1. The summed E-state index contributed by atoms with van der Waals surface area (Å²) in [5, 5.41) is 0. The standard InChI is InChI=1S/C15H16FNO3S/c1-3-17(13-7-5-4-6-8-13)21(18,19)15-11-12(16)9-10-14(15)20-2/h4-11H,3H2,1-2H3. The highest BCUT2D eigenvalue weighted by Gasteiger charge is 2.27. The van der Waals surface area contributed by atoms with E-state index >= 15 is 0 Å². The molecular formula is C15H16FNO3S. The number of sulfonamides is 1. The fraction of sp³-hybridized carbons (Fsp3) is 0.200. The number of hydrogen-bond donors (Lipinski definition) is 0. The third kappa shape index (κ3) is 3.00. The molecule has 2 aromatic rings. The SMILES string of the molecule is CCN(c1ccccc1)S(=O)(=O)c1cc(F)ccc1OC. The molecule has 0 aliphatic carbocycles. The minimum absolute atomic E-state index is 0.116. The van der Waals surface area contributed by atoms with E-state index in [9.17, 15) is 12.8 Å². The molecule has 2 rings (SSSR count). The molecule has 0 N–H and O–H groups in total. The van der Waals surface area contributed by atoms with Gasteiger partial charge in [-0.05, 0) is 37.3 Å². The molecule has 0 saturated carbocycles. The summed E-state index contributed by atoms with van der Waals surface area (Å²) in [4.78, 5) is -0.185. The van der Waals surface area contributed by atoms with Gasteiger partial charge in [0.15, 0.2) is 0 Å². The first-order chi connectivity index (χ1) is 10.0. The molecule has 0 aromatic heterocycles. The fourth-order valence-corrected chi connectivity index (χ4v) is 3.70. The third-order valence-electron chi connectivity index (χ3n) is 3.03. The van der Waals surface area contributed by atoms with Gasteiger partial charge in [-0.3, -0.25) is 4.31 Å². The van der Waals surface area contributed by atoms with Crippen LogP contribution in [0.2, 0.25) is 0 Å². The maximum atomic E-state index is 13.4. The largest absolute Gasteiger partial charge is 0.495 e. The molecule has 2 aromatic carbocycles. The van der Waals surface area contributed by atoms with Gasteiger partial charge in [-0.1, -0.05) is 18.2 Å². The maximum Gasteiger partial charge on any atom is 0.268 e. The fourth-order valence-electron chi connectivity index (χ4n) is 2.06. The highest BCUT2D eigenvalue weighted by molar-refractivity contribution is 7.93. The zero-order chi connectivity index (χ0) is 15.5. The predicted octanol–water partition coefficient (Wildman–Crippen LogP) is 3.05. The van der Waals surface area contributed by atoms with Crippen molar-refractivity contribution in [1.82, 2.24) is 0 Å². The molecule has 0 atom stereocenters. The van der Waals surface area contributed by atoms with Crippen LogP contribution in [0.4, 0.5) is 10.1 Å². The van der Waals surface area contributed by atoms with Gasteiger partial charge in [0.05, 0.1) is 12.8 Å². The molecule has 0 fully saturated rings. The Balaban J connectivity index is 2.58. The average Bonchev–Trinajstić information content (AvgIpc) is 2.49. The first-order valence-electron chi connectivity index (χ1n) is 6.42. The van der Waals surface area contributed by atoms with Gasteiger partial charge in [-0.25, -0.2) is 12.8 Å². The second-order valence-corrected chi connectivity index (χ2v) is 6.13. The van der Waals surface area contributed by atoms with Gasteiger partial charge in [-0.2, -0.15) is 0 Å². The second-order valence-electron chi connectivity index (χ2n) is 4.30. The molecule has 0 radical (unpaired) electrons. The molecule has 0 spiro atoms. The van der Waals surface area contributed by atoms with Crippen LogP contribution >= 0.6 is 0 Å². The van der Waals surface area contributed by atoms with Gasteiger partial charge in [0.1, 0.15) is 16.5 Å². The summed E-state index contributed by atoms with van der Waals surface area (Å²) in [5.41, 5.74) is 0.520. The monoisotopic (exact) mass is 309 g/mol. The molecule has 0 amide bonds. The van der Waals surface area contributed by atoms with Crippen molar-refractivity contribution in [1.29, 1.82) is 0 Å². The number of methoxy groups -OCH3 is 1. The van der Waals surface area contributed by atoms with E-state index in [-0.39, 0.29) is 17.2 Å². The van der Waals surface area contributed by atoms with Gasteiger partial charge < -0.3 is 4.74 Å². The lowest BCUT2D eigenvalue weighted by Crippen LogP contribution is -2.31. The van der Waals surface area contributed by atoms with Crippen molar-refractivity contribution >= 4 is 15.7 Å². The van der Waals surface area contributed by atoms with Crippen molar-refractivity contribution in [2.45, 2.75) is 11.8 Å². The molecule has 112 valence electrons. The van der Waals surface area contributed by atoms with Gasteiger partial charge in [0.25, 0.3) is 10.0 Å². The van der Waals surface area contributed by atoms with E-state index in [0.29, 0.717) is 5.69 Å². The highest BCUT2D eigenvalue weighted by Crippen LogP contribution is 2.30. The summed E-state index contributed by atoms with van der Waals surface area (Å²) in [6.07, 6.45) is 0. The second kappa shape index (κ2) is 6.13. The van der Waals surface area contributed by atoms with E-state index in [1.807, 2.05) is 0 Å².